The van der Waals surface area contributed by atoms with Crippen molar-refractivity contribution in [1.82, 2.24) is 20.5 Å². The molecule has 0 aliphatic carbocycles. The van der Waals surface area contributed by atoms with Gasteiger partial charge in [-0.3, -0.25) is 5.43 Å². The van der Waals surface area contributed by atoms with E-state index in [9.17, 15) is 0 Å². The van der Waals surface area contributed by atoms with E-state index in [4.69, 9.17) is 17.3 Å². The summed E-state index contributed by atoms with van der Waals surface area (Å²) in [7, 11) is 0. The van der Waals surface area contributed by atoms with E-state index < -0.39 is 0 Å². The normalized spacial score (nSPS) is 31.9. The smallest absolute Gasteiger partial charge is 0.187 e. The molecule has 4 bridgehead atoms. The van der Waals surface area contributed by atoms with Crippen LogP contribution in [-0.4, -0.2) is 59.9 Å². The van der Waals surface area contributed by atoms with E-state index in [2.05, 4.69) is 82.1 Å². The second-order valence-corrected chi connectivity index (χ2v) is 9.24. The Morgan fingerprint density at radius 3 is 2.23 bits per heavy atom. The van der Waals surface area contributed by atoms with Crippen molar-refractivity contribution in [3.05, 3.63) is 71.8 Å². The maximum absolute atomic E-state index is 5.59. The third-order valence-corrected chi connectivity index (χ3v) is 7.01. The summed E-state index contributed by atoms with van der Waals surface area (Å²) in [5.74, 6) is 0.442. The van der Waals surface area contributed by atoms with E-state index in [0.717, 1.165) is 39.3 Å². The van der Waals surface area contributed by atoms with Crippen molar-refractivity contribution in [3.63, 3.8) is 0 Å². The lowest BCUT2D eigenvalue weighted by atomic mass is 9.66. The fourth-order valence-electron chi connectivity index (χ4n) is 5.42. The number of hydrogen-bond acceptors (Lipinski definition) is 4. The Morgan fingerprint density at radius 1 is 1.00 bits per heavy atom. The Bertz CT molecular complexity index is 913. The van der Waals surface area contributed by atoms with E-state index in [-0.39, 0.29) is 11.5 Å². The van der Waals surface area contributed by atoms with Crippen LogP contribution in [0.2, 0.25) is 0 Å². The molecule has 6 heteroatoms. The Balaban J connectivity index is 1.39. The van der Waals surface area contributed by atoms with Crippen LogP contribution < -0.4 is 10.7 Å². The van der Waals surface area contributed by atoms with Gasteiger partial charge in [-0.2, -0.15) is 5.10 Å². The number of fused-ring (bicyclic) bond motifs is 1. The fraction of sp³-hybridized carbons (Fsp3) is 0.417. The van der Waals surface area contributed by atoms with Crippen LogP contribution in [0.15, 0.2) is 65.8 Å². The Labute approximate surface area is 184 Å². The molecule has 0 amide bonds. The first-order chi connectivity index (χ1) is 14.6. The number of nitrogens with zero attached hydrogens (tertiary/aromatic N) is 3. The van der Waals surface area contributed by atoms with Gasteiger partial charge in [-0.25, -0.2) is 0 Å². The van der Waals surface area contributed by atoms with E-state index in [1.165, 1.54) is 16.8 Å². The molecule has 3 unspecified atom stereocenters. The number of hydrazone groups is 1. The topological polar surface area (TPSA) is 42.9 Å². The molecule has 2 N–H and O–H groups in total. The zero-order valence-electron chi connectivity index (χ0n) is 17.4. The zero-order chi connectivity index (χ0) is 20.6. The van der Waals surface area contributed by atoms with Gasteiger partial charge in [0.1, 0.15) is 0 Å². The quantitative estimate of drug-likeness (QED) is 0.589. The number of thiocarbonyl (C=S) groups is 1. The number of piperidine rings is 2. The van der Waals surface area contributed by atoms with Crippen molar-refractivity contribution in [2.24, 2.45) is 11.0 Å². The van der Waals surface area contributed by atoms with Crippen molar-refractivity contribution >= 4 is 23.0 Å². The minimum absolute atomic E-state index is 0.0629. The van der Waals surface area contributed by atoms with Crippen molar-refractivity contribution in [3.8, 4) is 0 Å². The average Bonchev–Trinajstić information content (AvgIpc) is 3.02. The summed E-state index contributed by atoms with van der Waals surface area (Å²) < 4.78 is 0. The lowest BCUT2D eigenvalue weighted by Crippen LogP contribution is -2.64. The number of nitrogens with one attached hydrogen (secondary N) is 2. The molecule has 3 atom stereocenters. The van der Waals surface area contributed by atoms with E-state index >= 15 is 0 Å². The first kappa shape index (κ1) is 19.7. The van der Waals surface area contributed by atoms with Gasteiger partial charge in [0.25, 0.3) is 0 Å². The van der Waals surface area contributed by atoms with Gasteiger partial charge >= 0.3 is 0 Å². The largest absolute Gasteiger partial charge is 0.355 e. The van der Waals surface area contributed by atoms with Crippen LogP contribution in [0.3, 0.4) is 0 Å². The van der Waals surface area contributed by atoms with Crippen LogP contribution in [-0.2, 0) is 5.41 Å². The SMILES string of the molecule is CC(NC(=S)N/N=C1\C2CN3CCN(C2)CC1(c1ccccc1)C3)c1ccccc1. The van der Waals surface area contributed by atoms with Gasteiger partial charge in [-0.1, -0.05) is 60.7 Å². The highest BCUT2D eigenvalue weighted by Gasteiger charge is 2.53. The second-order valence-electron chi connectivity index (χ2n) is 8.83. The molecule has 0 saturated carbocycles. The van der Waals surface area contributed by atoms with Crippen LogP contribution in [0, 0.1) is 5.92 Å². The van der Waals surface area contributed by atoms with Crippen LogP contribution >= 0.6 is 12.2 Å². The molecule has 156 valence electrons. The van der Waals surface area contributed by atoms with Gasteiger partial charge < -0.3 is 15.1 Å². The molecule has 4 saturated heterocycles. The summed E-state index contributed by atoms with van der Waals surface area (Å²) in [5.41, 5.74) is 6.97. The molecular formula is C24H29N5S. The first-order valence-corrected chi connectivity index (χ1v) is 11.2. The molecule has 0 spiro atoms. The van der Waals surface area contributed by atoms with E-state index in [1.807, 2.05) is 6.07 Å². The molecule has 2 aromatic carbocycles. The van der Waals surface area contributed by atoms with Gasteiger partial charge in [-0.15, -0.1) is 0 Å². The predicted octanol–water partition coefficient (Wildman–Crippen LogP) is 2.77. The minimum atomic E-state index is -0.0629. The van der Waals surface area contributed by atoms with Gasteiger partial charge in [0.2, 0.25) is 0 Å². The summed E-state index contributed by atoms with van der Waals surface area (Å²) in [5, 5.41) is 8.92. The first-order valence-electron chi connectivity index (χ1n) is 10.8. The molecule has 4 fully saturated rings. The average molecular weight is 420 g/mol. The molecule has 0 aromatic heterocycles. The molecule has 6 rings (SSSR count). The molecule has 0 radical (unpaired) electrons. The highest BCUT2D eigenvalue weighted by molar-refractivity contribution is 7.80. The minimum Gasteiger partial charge on any atom is -0.355 e. The number of hydrogen-bond donors (Lipinski definition) is 2. The summed E-state index contributed by atoms with van der Waals surface area (Å²) in [6.07, 6.45) is 0. The molecule has 4 aliphatic rings. The van der Waals surface area contributed by atoms with E-state index in [1.54, 1.807) is 0 Å². The van der Waals surface area contributed by atoms with Crippen LogP contribution in [0.25, 0.3) is 0 Å². The second kappa shape index (κ2) is 8.10. The predicted molar refractivity (Wildman–Crippen MR) is 126 cm³/mol. The maximum atomic E-state index is 5.59. The highest BCUT2D eigenvalue weighted by Crippen LogP contribution is 2.41. The van der Waals surface area contributed by atoms with Gasteiger partial charge in [0.15, 0.2) is 5.11 Å². The monoisotopic (exact) mass is 419 g/mol. The van der Waals surface area contributed by atoms with Crippen molar-refractivity contribution < 1.29 is 0 Å². The van der Waals surface area contributed by atoms with Crippen molar-refractivity contribution in [2.45, 2.75) is 18.4 Å². The molecule has 2 aromatic rings. The van der Waals surface area contributed by atoms with Crippen molar-refractivity contribution in [1.29, 1.82) is 0 Å². The van der Waals surface area contributed by atoms with E-state index in [0.29, 0.717) is 11.0 Å². The van der Waals surface area contributed by atoms with Crippen LogP contribution in [0.4, 0.5) is 0 Å². The van der Waals surface area contributed by atoms with Gasteiger partial charge in [-0.05, 0) is 30.3 Å². The third kappa shape index (κ3) is 3.64. The Morgan fingerprint density at radius 2 is 1.60 bits per heavy atom. The van der Waals surface area contributed by atoms with Crippen LogP contribution in [0.5, 0.6) is 0 Å². The molecule has 4 heterocycles. The van der Waals surface area contributed by atoms with Crippen LogP contribution in [0.1, 0.15) is 24.1 Å². The number of benzene rings is 2. The lowest BCUT2D eigenvalue weighted by Gasteiger charge is -2.50. The highest BCUT2D eigenvalue weighted by atomic mass is 32.1. The molecule has 5 nitrogen and oxygen atoms in total. The van der Waals surface area contributed by atoms with Gasteiger partial charge in [0.05, 0.1) is 17.2 Å². The summed E-state index contributed by atoms with van der Waals surface area (Å²) in [6, 6.07) is 21.4. The lowest BCUT2D eigenvalue weighted by molar-refractivity contribution is 0.163. The summed E-state index contributed by atoms with van der Waals surface area (Å²) in [4.78, 5) is 5.25. The maximum Gasteiger partial charge on any atom is 0.187 e. The standard InChI is InChI=1S/C24H29N5S/c1-18(19-8-4-2-5-9-19)25-23(30)27-26-22-20-14-28-12-13-29(15-20)17-24(22,16-28)21-10-6-3-7-11-21/h2-11,18,20H,12-17H2,1H3,(H2,25,27,30)/b26-22+. The Hall–Kier alpha value is -2.28. The zero-order valence-corrected chi connectivity index (χ0v) is 18.2. The summed E-state index contributed by atoms with van der Waals surface area (Å²) >= 11 is 5.59. The third-order valence-electron chi connectivity index (χ3n) is 6.81. The summed E-state index contributed by atoms with van der Waals surface area (Å²) in [6.45, 7) is 8.67. The van der Waals surface area contributed by atoms with Gasteiger partial charge in [0, 0.05) is 45.2 Å². The molecule has 4 aliphatic heterocycles. The Kier molecular flexibility index (Phi) is 5.31. The fourth-order valence-corrected chi connectivity index (χ4v) is 5.65. The number of rotatable bonds is 4. The molecule has 30 heavy (non-hydrogen) atoms. The van der Waals surface area contributed by atoms with Crippen molar-refractivity contribution in [2.75, 3.05) is 39.3 Å². The molecular weight excluding hydrogens is 390 g/mol.